The summed E-state index contributed by atoms with van der Waals surface area (Å²) in [5.74, 6) is 1.87. The molecule has 0 bridgehead atoms. The summed E-state index contributed by atoms with van der Waals surface area (Å²) in [6.45, 7) is 0.959. The van der Waals surface area contributed by atoms with Gasteiger partial charge in [-0.05, 0) is 49.4 Å². The molecule has 0 saturated heterocycles. The number of carbonyl (C=O) groups excluding carboxylic acids is 1. The van der Waals surface area contributed by atoms with Crippen molar-refractivity contribution < 1.29 is 27.4 Å². The van der Waals surface area contributed by atoms with E-state index in [1.54, 1.807) is 24.0 Å². The third-order valence-corrected chi connectivity index (χ3v) is 6.46. The van der Waals surface area contributed by atoms with Gasteiger partial charge in [-0.2, -0.15) is 0 Å². The zero-order valence-electron chi connectivity index (χ0n) is 16.5. The molecule has 2 amide bonds. The maximum Gasteiger partial charge on any atom is 0.326 e. The van der Waals surface area contributed by atoms with Gasteiger partial charge in [0.1, 0.15) is 6.17 Å². The molecule has 2 aliphatic rings. The maximum atomic E-state index is 12.1. The van der Waals surface area contributed by atoms with E-state index in [1.807, 2.05) is 13.1 Å². The van der Waals surface area contributed by atoms with Crippen LogP contribution >= 0.6 is 0 Å². The number of nitrogens with two attached hydrogens (primary N) is 1. The van der Waals surface area contributed by atoms with Gasteiger partial charge >= 0.3 is 6.03 Å². The summed E-state index contributed by atoms with van der Waals surface area (Å²) in [6.07, 6.45) is 0.594. The molecular formula is C19H22N4O6S. The van der Waals surface area contributed by atoms with Crippen LogP contribution in [0.1, 0.15) is 17.3 Å². The predicted octanol–water partition coefficient (Wildman–Crippen LogP) is 1.38. The number of likely N-dealkylation sites (N-methyl/N-ethyl adjacent to an activating group) is 1. The monoisotopic (exact) mass is 434 g/mol. The number of sulfonamides is 1. The van der Waals surface area contributed by atoms with E-state index in [2.05, 4.69) is 10.2 Å². The minimum absolute atomic E-state index is 0.0646. The van der Waals surface area contributed by atoms with Crippen molar-refractivity contribution >= 4 is 21.7 Å². The second-order valence-electron chi connectivity index (χ2n) is 6.99. The Morgan fingerprint density at radius 3 is 2.67 bits per heavy atom. The molecule has 2 aromatic carbocycles. The third-order valence-electron chi connectivity index (χ3n) is 5.10. The van der Waals surface area contributed by atoms with Crippen LogP contribution in [0, 0.1) is 0 Å². The van der Waals surface area contributed by atoms with E-state index in [0.717, 1.165) is 24.1 Å². The van der Waals surface area contributed by atoms with Gasteiger partial charge in [0.25, 0.3) is 10.0 Å². The number of nitrogens with one attached hydrogen (secondary N) is 2. The Labute approximate surface area is 173 Å². The summed E-state index contributed by atoms with van der Waals surface area (Å²) in [4.78, 5) is 13.0. The van der Waals surface area contributed by atoms with Crippen LogP contribution in [0.4, 0.5) is 10.5 Å². The number of rotatable bonds is 5. The van der Waals surface area contributed by atoms with Gasteiger partial charge in [0.05, 0.1) is 12.0 Å². The summed E-state index contributed by atoms with van der Waals surface area (Å²) in [6, 6.07) is 6.88. The fourth-order valence-electron chi connectivity index (χ4n) is 3.69. The summed E-state index contributed by atoms with van der Waals surface area (Å²) >= 11 is 0. The molecular weight excluding hydrogens is 412 g/mol. The number of anilines is 1. The van der Waals surface area contributed by atoms with Crippen LogP contribution in [-0.4, -0.2) is 46.8 Å². The molecule has 160 valence electrons. The van der Waals surface area contributed by atoms with Crippen LogP contribution in [0.25, 0.3) is 0 Å². The average molecular weight is 434 g/mol. The van der Waals surface area contributed by atoms with Gasteiger partial charge < -0.3 is 25.3 Å². The molecule has 4 N–H and O–H groups in total. The molecule has 0 unspecified atom stereocenters. The van der Waals surface area contributed by atoms with Crippen molar-refractivity contribution in [3.8, 4) is 17.2 Å². The van der Waals surface area contributed by atoms with Crippen molar-refractivity contribution in [2.45, 2.75) is 17.5 Å². The summed E-state index contributed by atoms with van der Waals surface area (Å²) < 4.78 is 42.7. The smallest absolute Gasteiger partial charge is 0.326 e. The van der Waals surface area contributed by atoms with Crippen molar-refractivity contribution in [2.24, 2.45) is 5.73 Å². The highest BCUT2D eigenvalue weighted by molar-refractivity contribution is 7.90. The first-order valence-electron chi connectivity index (χ1n) is 9.18. The SMILES string of the molecule is COc1c2c(cc3c1[C@H](Nc1ccc(S(=O)(=O)NC(N)=O)cc1)N(C)CC3)OCO2. The van der Waals surface area contributed by atoms with Gasteiger partial charge in [0, 0.05) is 17.8 Å². The number of benzene rings is 2. The zero-order chi connectivity index (χ0) is 21.5. The molecule has 0 aromatic heterocycles. The molecule has 10 nitrogen and oxygen atoms in total. The molecule has 0 saturated carbocycles. The lowest BCUT2D eigenvalue weighted by Crippen LogP contribution is -2.37. The molecule has 4 rings (SSSR count). The van der Waals surface area contributed by atoms with Crippen molar-refractivity contribution in [2.75, 3.05) is 32.8 Å². The molecule has 0 spiro atoms. The van der Waals surface area contributed by atoms with Crippen LogP contribution in [0.2, 0.25) is 0 Å². The second kappa shape index (κ2) is 7.58. The number of urea groups is 1. The van der Waals surface area contributed by atoms with E-state index < -0.39 is 16.1 Å². The first-order valence-corrected chi connectivity index (χ1v) is 10.7. The second-order valence-corrected chi connectivity index (χ2v) is 8.67. The van der Waals surface area contributed by atoms with E-state index in [9.17, 15) is 13.2 Å². The lowest BCUT2D eigenvalue weighted by molar-refractivity contribution is 0.170. The zero-order valence-corrected chi connectivity index (χ0v) is 17.3. The number of carbonyl (C=O) groups is 1. The van der Waals surface area contributed by atoms with Crippen LogP contribution in [-0.2, 0) is 16.4 Å². The fourth-order valence-corrected chi connectivity index (χ4v) is 4.57. The Balaban J connectivity index is 1.66. The van der Waals surface area contributed by atoms with Gasteiger partial charge in [0.15, 0.2) is 11.5 Å². The Morgan fingerprint density at radius 2 is 2.00 bits per heavy atom. The van der Waals surface area contributed by atoms with Gasteiger partial charge in [0.2, 0.25) is 12.5 Å². The highest BCUT2D eigenvalue weighted by Gasteiger charge is 2.34. The van der Waals surface area contributed by atoms with Crippen molar-refractivity contribution in [3.63, 3.8) is 0 Å². The molecule has 0 radical (unpaired) electrons. The minimum Gasteiger partial charge on any atom is -0.492 e. The Bertz CT molecular complexity index is 1090. The topological polar surface area (TPSA) is 132 Å². The first kappa shape index (κ1) is 20.1. The number of hydrogen-bond acceptors (Lipinski definition) is 8. The fraction of sp³-hybridized carbons (Fsp3) is 0.316. The standard InChI is InChI=1S/C19H22N4O6S/c1-23-8-7-11-9-14-16(29-10-28-14)17(27-2)15(11)18(23)21-12-3-5-13(6-4-12)30(25,26)22-19(20)24/h3-6,9,18,21H,7-8,10H2,1-2H3,(H3,20,22,24)/t18-/m1/s1. The Morgan fingerprint density at radius 1 is 1.27 bits per heavy atom. The largest absolute Gasteiger partial charge is 0.492 e. The molecule has 2 heterocycles. The number of primary amides is 1. The summed E-state index contributed by atoms with van der Waals surface area (Å²) in [5, 5.41) is 3.41. The molecule has 2 aromatic rings. The molecule has 1 atom stereocenters. The van der Waals surface area contributed by atoms with E-state index in [0.29, 0.717) is 22.9 Å². The van der Waals surface area contributed by atoms with E-state index in [1.165, 1.54) is 12.1 Å². The van der Waals surface area contributed by atoms with Crippen molar-refractivity contribution in [1.82, 2.24) is 9.62 Å². The van der Waals surface area contributed by atoms with Crippen LogP contribution in [0.15, 0.2) is 35.2 Å². The predicted molar refractivity (Wildman–Crippen MR) is 108 cm³/mol. The quantitative estimate of drug-likeness (QED) is 0.643. The van der Waals surface area contributed by atoms with Crippen LogP contribution < -0.4 is 30.0 Å². The number of methoxy groups -OCH3 is 1. The number of nitrogens with zero attached hydrogens (tertiary/aromatic N) is 1. The van der Waals surface area contributed by atoms with E-state index in [-0.39, 0.29) is 17.9 Å². The van der Waals surface area contributed by atoms with Gasteiger partial charge in [-0.25, -0.2) is 17.9 Å². The number of ether oxygens (including phenoxy) is 3. The van der Waals surface area contributed by atoms with Crippen molar-refractivity contribution in [3.05, 3.63) is 41.5 Å². The molecule has 0 fully saturated rings. The van der Waals surface area contributed by atoms with Gasteiger partial charge in [-0.3, -0.25) is 4.90 Å². The van der Waals surface area contributed by atoms with E-state index in [4.69, 9.17) is 19.9 Å². The number of hydrogen-bond donors (Lipinski definition) is 3. The maximum absolute atomic E-state index is 12.1. The van der Waals surface area contributed by atoms with Gasteiger partial charge in [-0.15, -0.1) is 0 Å². The summed E-state index contributed by atoms with van der Waals surface area (Å²) in [5.41, 5.74) is 7.65. The third kappa shape index (κ3) is 3.57. The van der Waals surface area contributed by atoms with Crippen molar-refractivity contribution in [1.29, 1.82) is 0 Å². The van der Waals surface area contributed by atoms with Gasteiger partial charge in [-0.1, -0.05) is 0 Å². The molecule has 30 heavy (non-hydrogen) atoms. The van der Waals surface area contributed by atoms with Crippen LogP contribution in [0.3, 0.4) is 0 Å². The van der Waals surface area contributed by atoms with E-state index >= 15 is 0 Å². The summed E-state index contributed by atoms with van der Waals surface area (Å²) in [7, 11) is -0.421. The Kier molecular flexibility index (Phi) is 5.08. The van der Waals surface area contributed by atoms with Crippen LogP contribution in [0.5, 0.6) is 17.2 Å². The number of fused-ring (bicyclic) bond motifs is 2. The highest BCUT2D eigenvalue weighted by Crippen LogP contribution is 2.49. The lowest BCUT2D eigenvalue weighted by Gasteiger charge is -2.36. The first-order chi connectivity index (χ1) is 14.3. The Hall–Kier alpha value is -3.18. The normalized spacial score (nSPS) is 17.9. The lowest BCUT2D eigenvalue weighted by atomic mass is 9.94. The molecule has 11 heteroatoms. The molecule has 2 aliphatic heterocycles. The number of amides is 2. The minimum atomic E-state index is -4.00. The highest BCUT2D eigenvalue weighted by atomic mass is 32.2. The molecule has 0 aliphatic carbocycles. The average Bonchev–Trinajstić information content (AvgIpc) is 3.16.